The van der Waals surface area contributed by atoms with Crippen LogP contribution in [0.5, 0.6) is 0 Å². The molecule has 0 heterocycles. The van der Waals surface area contributed by atoms with Gasteiger partial charge in [-0.3, -0.25) is 0 Å². The van der Waals surface area contributed by atoms with Gasteiger partial charge in [0.05, 0.1) is 0 Å². The van der Waals surface area contributed by atoms with E-state index in [-0.39, 0.29) is 0 Å². The summed E-state index contributed by atoms with van der Waals surface area (Å²) in [6, 6.07) is 0. The molecule has 0 saturated carbocycles. The minimum absolute atomic E-state index is 2.13. The molecule has 0 aromatic carbocycles. The third kappa shape index (κ3) is 4.78. The van der Waals surface area contributed by atoms with Crippen LogP contribution < -0.4 is 0 Å². The molecule has 4 nitrogen and oxygen atoms in total. The summed E-state index contributed by atoms with van der Waals surface area (Å²) in [5.74, 6) is 0. The normalized spacial score (nSPS) is 11.7. The summed E-state index contributed by atoms with van der Waals surface area (Å²) in [6.45, 7) is 0. The van der Waals surface area contributed by atoms with Gasteiger partial charge < -0.3 is 0 Å². The molecule has 9 heteroatoms. The Kier molecular flexibility index (Phi) is 7.59. The fourth-order valence-corrected chi connectivity index (χ4v) is 7.76. The molecule has 0 spiro atoms. The molecule has 0 atom stereocenters. The van der Waals surface area contributed by atoms with Crippen molar-refractivity contribution in [2.24, 2.45) is 11.2 Å². The van der Waals surface area contributed by atoms with Gasteiger partial charge in [0.25, 0.3) is 0 Å². The molecule has 0 unspecified atom stereocenters. The zero-order valence-electron chi connectivity index (χ0n) is 5.92. The number of hydrogen-bond donors (Lipinski definition) is 0. The summed E-state index contributed by atoms with van der Waals surface area (Å²) in [7, 11) is 0. The van der Waals surface area contributed by atoms with Crippen LogP contribution in [0.3, 0.4) is 0 Å². The van der Waals surface area contributed by atoms with Crippen molar-refractivity contribution in [3.63, 3.8) is 0 Å². The van der Waals surface area contributed by atoms with E-state index in [1.54, 1.807) is 0 Å². The third-order valence-corrected chi connectivity index (χ3v) is 10.1. The molecule has 0 aliphatic rings. The minimum atomic E-state index is -4.05. The second-order valence-corrected chi connectivity index (χ2v) is 10.3. The molecule has 64 valence electrons. The zero-order chi connectivity index (χ0) is 10.2. The van der Waals surface area contributed by atoms with Gasteiger partial charge in [-0.2, -0.15) is 0 Å². The van der Waals surface area contributed by atoms with Crippen LogP contribution in [0.2, 0.25) is 0 Å². The molecule has 0 radical (unpaired) electrons. The van der Waals surface area contributed by atoms with Crippen LogP contribution in [-0.4, -0.2) is 43.0 Å². The number of thiocarbonyl (C=S) groups is 4. The summed E-state index contributed by atoms with van der Waals surface area (Å²) in [5, 5.41) is 8.52. The molecule has 0 aliphatic heterocycles. The molecule has 0 amide bonds. The van der Waals surface area contributed by atoms with E-state index in [2.05, 4.69) is 80.7 Å². The first kappa shape index (κ1) is 13.1. The second kappa shape index (κ2) is 7.52. The molecule has 0 rings (SSSR count). The molecule has 0 aromatic rings. The molecule has 0 N–H and O–H groups in total. The molecule has 0 bridgehead atoms. The quantitative estimate of drug-likeness (QED) is 0.381. The van der Waals surface area contributed by atoms with Crippen molar-refractivity contribution in [3.05, 3.63) is 0 Å². The van der Waals surface area contributed by atoms with E-state index in [4.69, 9.17) is 0 Å². The maximum atomic E-state index is 4.42. The van der Waals surface area contributed by atoms with E-state index in [0.29, 0.717) is 0 Å². The fourth-order valence-electron chi connectivity index (χ4n) is 0.395. The Balaban J connectivity index is 5.52. The summed E-state index contributed by atoms with van der Waals surface area (Å²) >= 11 is 13.6. The van der Waals surface area contributed by atoms with Crippen LogP contribution in [0.1, 0.15) is 0 Å². The Morgan fingerprint density at radius 1 is 0.615 bits per heavy atom. The number of nitrogens with zero attached hydrogens (tertiary/aromatic N) is 4. The van der Waals surface area contributed by atoms with E-state index < -0.39 is 22.4 Å². The van der Waals surface area contributed by atoms with Gasteiger partial charge in [0.1, 0.15) is 0 Å². The van der Waals surface area contributed by atoms with Gasteiger partial charge in [0.2, 0.25) is 0 Å². The van der Waals surface area contributed by atoms with Crippen LogP contribution in [0.25, 0.3) is 0 Å². The Bertz CT molecular complexity index is 303. The van der Waals surface area contributed by atoms with Gasteiger partial charge in [0, 0.05) is 0 Å². The maximum absolute atomic E-state index is 4.42. The Morgan fingerprint density at radius 2 is 0.846 bits per heavy atom. The molecular formula is C4N4PbS4. The van der Waals surface area contributed by atoms with Gasteiger partial charge in [-0.1, -0.05) is 0 Å². The van der Waals surface area contributed by atoms with Crippen molar-refractivity contribution < 1.29 is 0 Å². The van der Waals surface area contributed by atoms with Gasteiger partial charge in [-0.25, -0.2) is 0 Å². The van der Waals surface area contributed by atoms with Crippen LogP contribution in [0.4, 0.5) is 0 Å². The van der Waals surface area contributed by atoms with E-state index in [1.165, 1.54) is 0 Å². The molecule has 13 heavy (non-hydrogen) atoms. The number of isothiocyanates is 4. The number of rotatable bonds is 4. The predicted octanol–water partition coefficient (Wildman–Crippen LogP) is 1.83. The van der Waals surface area contributed by atoms with Crippen LogP contribution >= 0.6 is 48.9 Å². The first-order chi connectivity index (χ1) is 6.24. The SMILES string of the molecule is S=C=[N][Pb]([N]=C=S)([N]=C=S)[N]=C=S. The van der Waals surface area contributed by atoms with Crippen molar-refractivity contribution in [3.8, 4) is 0 Å². The fraction of sp³-hybridized carbons (Fsp3) is 0. The van der Waals surface area contributed by atoms with Gasteiger partial charge in [-0.05, 0) is 0 Å². The first-order valence-corrected chi connectivity index (χ1v) is 11.2. The molecular weight excluding hydrogens is 440 g/mol. The van der Waals surface area contributed by atoms with E-state index in [1.807, 2.05) is 0 Å². The Hall–Kier alpha value is 0.122. The molecule has 0 aromatic heterocycles. The Labute approximate surface area is 102 Å². The van der Waals surface area contributed by atoms with Crippen molar-refractivity contribution in [1.29, 1.82) is 0 Å². The molecule has 0 saturated heterocycles. The average molecular weight is 440 g/mol. The van der Waals surface area contributed by atoms with Crippen molar-refractivity contribution in [2.45, 2.75) is 0 Å². The third-order valence-electron chi connectivity index (χ3n) is 0.783. The second-order valence-electron chi connectivity index (χ2n) is 1.41. The average Bonchev–Trinajstić information content (AvgIpc) is 2.06. The van der Waals surface area contributed by atoms with Crippen molar-refractivity contribution in [2.75, 3.05) is 0 Å². The van der Waals surface area contributed by atoms with Gasteiger partial charge in [0.15, 0.2) is 0 Å². The molecule has 0 fully saturated rings. The topological polar surface area (TPSA) is 49.4 Å². The monoisotopic (exact) mass is 440 g/mol. The van der Waals surface area contributed by atoms with Gasteiger partial charge in [-0.15, -0.1) is 0 Å². The number of hydrogen-bond acceptors (Lipinski definition) is 8. The van der Waals surface area contributed by atoms with Crippen LogP contribution in [0, 0.1) is 0 Å². The van der Waals surface area contributed by atoms with Crippen molar-refractivity contribution in [1.82, 2.24) is 0 Å². The Morgan fingerprint density at radius 3 is 1.00 bits per heavy atom. The van der Waals surface area contributed by atoms with Crippen molar-refractivity contribution >= 4 is 91.9 Å². The summed E-state index contributed by atoms with van der Waals surface area (Å²) < 4.78 is 14.9. The van der Waals surface area contributed by atoms with Crippen LogP contribution in [-0.2, 0) is 0 Å². The van der Waals surface area contributed by atoms with Crippen LogP contribution in [0.15, 0.2) is 11.2 Å². The zero-order valence-corrected chi connectivity index (χ0v) is 13.1. The summed E-state index contributed by atoms with van der Waals surface area (Å²) in [6.07, 6.45) is 0. The summed E-state index contributed by atoms with van der Waals surface area (Å²) in [5.41, 5.74) is 0. The summed E-state index contributed by atoms with van der Waals surface area (Å²) in [4.78, 5) is 0. The predicted molar refractivity (Wildman–Crippen MR) is 65.9 cm³/mol. The first-order valence-electron chi connectivity index (χ1n) is 2.61. The van der Waals surface area contributed by atoms with E-state index in [9.17, 15) is 0 Å². The molecule has 0 aliphatic carbocycles. The van der Waals surface area contributed by atoms with E-state index in [0.717, 1.165) is 0 Å². The standard InChI is InChI=1S/4CNS.Pb/c4*2-1-3;/q4*-1;+4. The van der Waals surface area contributed by atoms with E-state index >= 15 is 0 Å². The van der Waals surface area contributed by atoms with Gasteiger partial charge >= 0.3 is 103 Å².